The van der Waals surface area contributed by atoms with E-state index in [1.165, 1.54) is 0 Å². The molecule has 0 aliphatic rings. The molecule has 0 heterocycles. The first-order chi connectivity index (χ1) is 5.54. The van der Waals surface area contributed by atoms with Crippen LogP contribution < -0.4 is 0 Å². The minimum Gasteiger partial charge on any atom is -0.467 e. The van der Waals surface area contributed by atoms with Gasteiger partial charge in [-0.3, -0.25) is 0 Å². The van der Waals surface area contributed by atoms with Gasteiger partial charge in [-0.2, -0.15) is 0 Å². The first kappa shape index (κ1) is 1.45. The molecular formula is C4H8O3. The molecular weight excluding hydrogens is 96.0 g/mol. The number of hydrogen-bond acceptors (Lipinski definition) is 3. The highest BCUT2D eigenvalue weighted by Crippen LogP contribution is 1.80. The van der Waals surface area contributed by atoms with Crippen LogP contribution in [0.25, 0.3) is 0 Å². The Kier molecular flexibility index (Phi) is 0.534. The van der Waals surface area contributed by atoms with Gasteiger partial charge in [0.2, 0.25) is 0 Å². The Balaban J connectivity index is 4.30. The highest BCUT2D eigenvalue weighted by molar-refractivity contribution is 5.73. The van der Waals surface area contributed by atoms with Crippen LogP contribution in [0.1, 0.15) is 15.1 Å². The van der Waals surface area contributed by atoms with Crippen molar-refractivity contribution in [2.24, 2.45) is 0 Å². The quantitative estimate of drug-likeness (QED) is 0.464. The molecule has 0 radical (unpaired) electrons. The van der Waals surface area contributed by atoms with Crippen molar-refractivity contribution in [3.63, 3.8) is 0 Å². The van der Waals surface area contributed by atoms with Crippen LogP contribution in [-0.4, -0.2) is 24.2 Å². The predicted molar refractivity (Wildman–Crippen MR) is 23.7 cm³/mol. The van der Waals surface area contributed by atoms with Gasteiger partial charge in [0.1, 0.15) is 6.10 Å². The second kappa shape index (κ2) is 2.58. The van der Waals surface area contributed by atoms with Gasteiger partial charge in [0.05, 0.1) is 11.2 Å². The standard InChI is InChI=1S/C4H8O3/c1-3(5)4(6)7-2/h3,5H,1-2H3/t3-/m0/s1/i1D3,2D3. The number of aliphatic hydroxyl groups excluding tert-OH is 1. The number of ether oxygens (including phenoxy) is 1. The maximum Gasteiger partial charge on any atom is 0.334 e. The smallest absolute Gasteiger partial charge is 0.334 e. The van der Waals surface area contributed by atoms with Crippen LogP contribution in [0.15, 0.2) is 0 Å². The Morgan fingerprint density at radius 3 is 3.29 bits per heavy atom. The fourth-order valence-electron chi connectivity index (χ4n) is 0.0558. The number of carbonyl (C=O) groups excluding carboxylic acids is 1. The first-order valence-corrected chi connectivity index (χ1v) is 1.45. The van der Waals surface area contributed by atoms with Crippen molar-refractivity contribution < 1.29 is 22.9 Å². The van der Waals surface area contributed by atoms with E-state index in [0.717, 1.165) is 0 Å². The topological polar surface area (TPSA) is 46.5 Å². The zero-order valence-corrected chi connectivity index (χ0v) is 3.34. The van der Waals surface area contributed by atoms with Crippen LogP contribution in [0.3, 0.4) is 0 Å². The Bertz CT molecular complexity index is 193. The molecule has 0 aromatic heterocycles. The van der Waals surface area contributed by atoms with Gasteiger partial charge in [0.25, 0.3) is 0 Å². The summed E-state index contributed by atoms with van der Waals surface area (Å²) in [6, 6.07) is 0. The fourth-order valence-corrected chi connectivity index (χ4v) is 0.0558. The maximum absolute atomic E-state index is 10.6. The van der Waals surface area contributed by atoms with Gasteiger partial charge in [-0.25, -0.2) is 4.79 Å². The summed E-state index contributed by atoms with van der Waals surface area (Å²) in [6.45, 7) is -2.97. The molecule has 0 fully saturated rings. The summed E-state index contributed by atoms with van der Waals surface area (Å²) in [6.07, 6.45) is -2.42. The summed E-state index contributed by atoms with van der Waals surface area (Å²) in [5.74, 6) is -1.68. The molecule has 42 valence electrons. The summed E-state index contributed by atoms with van der Waals surface area (Å²) in [5.41, 5.74) is 0. The van der Waals surface area contributed by atoms with E-state index in [1.54, 1.807) is 0 Å². The van der Waals surface area contributed by atoms with Crippen molar-refractivity contribution in [1.29, 1.82) is 0 Å². The lowest BCUT2D eigenvalue weighted by Gasteiger charge is -1.97. The van der Waals surface area contributed by atoms with Gasteiger partial charge in [0, 0.05) is 4.11 Å². The molecule has 7 heavy (non-hydrogen) atoms. The predicted octanol–water partition coefficient (Wildman–Crippen LogP) is -0.460. The number of methoxy groups -OCH3 is 1. The normalized spacial score (nSPS) is 29.3. The summed E-state index contributed by atoms with van der Waals surface area (Å²) in [5, 5.41) is 8.73. The Morgan fingerprint density at radius 1 is 2.14 bits per heavy atom. The fraction of sp³-hybridized carbons (Fsp3) is 0.750. The zero-order chi connectivity index (χ0) is 10.9. The average Bonchev–Trinajstić information content (AvgIpc) is 1.79. The minimum absolute atomic E-state index is 1.68. The molecule has 0 aromatic rings. The van der Waals surface area contributed by atoms with Crippen LogP contribution in [0.4, 0.5) is 0 Å². The zero-order valence-electron chi connectivity index (χ0n) is 9.34. The van der Waals surface area contributed by atoms with E-state index < -0.39 is 26.0 Å². The van der Waals surface area contributed by atoms with Crippen molar-refractivity contribution in [2.45, 2.75) is 13.0 Å². The van der Waals surface area contributed by atoms with E-state index >= 15 is 0 Å². The summed E-state index contributed by atoms with van der Waals surface area (Å²) in [7, 11) is -3.04. The number of esters is 1. The van der Waals surface area contributed by atoms with Gasteiger partial charge in [-0.1, -0.05) is 0 Å². The van der Waals surface area contributed by atoms with Gasteiger partial charge < -0.3 is 9.84 Å². The van der Waals surface area contributed by atoms with Crippen LogP contribution in [0.5, 0.6) is 0 Å². The largest absolute Gasteiger partial charge is 0.467 e. The highest BCUT2D eigenvalue weighted by Gasteiger charge is 2.05. The van der Waals surface area contributed by atoms with E-state index in [9.17, 15) is 4.79 Å². The Hall–Kier alpha value is -0.570. The second-order valence-electron chi connectivity index (χ2n) is 0.824. The van der Waals surface area contributed by atoms with Crippen molar-refractivity contribution >= 4 is 5.97 Å². The summed E-state index contributed by atoms with van der Waals surface area (Å²) < 4.78 is 42.8. The monoisotopic (exact) mass is 110 g/mol. The summed E-state index contributed by atoms with van der Waals surface area (Å²) >= 11 is 0. The third-order valence-electron chi connectivity index (χ3n) is 0.324. The summed E-state index contributed by atoms with van der Waals surface area (Å²) in [4.78, 5) is 10.6. The molecule has 0 spiro atoms. The lowest BCUT2D eigenvalue weighted by atomic mass is 10.4. The molecule has 0 unspecified atom stereocenters. The third kappa shape index (κ3) is 2.17. The van der Waals surface area contributed by atoms with Crippen LogP contribution in [0.2, 0.25) is 0 Å². The third-order valence-corrected chi connectivity index (χ3v) is 0.324. The van der Waals surface area contributed by atoms with Crippen LogP contribution in [0, 0.1) is 0 Å². The number of carbonyl (C=O) groups is 1. The molecule has 1 atom stereocenters. The molecule has 3 heteroatoms. The van der Waals surface area contributed by atoms with Crippen molar-refractivity contribution in [3.05, 3.63) is 0 Å². The highest BCUT2D eigenvalue weighted by atomic mass is 16.5. The molecule has 0 aliphatic heterocycles. The molecule has 3 nitrogen and oxygen atoms in total. The number of hydrogen-bond donors (Lipinski definition) is 1. The molecule has 1 N–H and O–H groups in total. The molecule has 0 saturated heterocycles. The van der Waals surface area contributed by atoms with Crippen molar-refractivity contribution in [2.75, 3.05) is 7.04 Å². The lowest BCUT2D eigenvalue weighted by Crippen LogP contribution is -2.16. The molecule has 0 aliphatic carbocycles. The van der Waals surface area contributed by atoms with E-state index in [-0.39, 0.29) is 0 Å². The average molecular weight is 110 g/mol. The molecule has 0 bridgehead atoms. The van der Waals surface area contributed by atoms with Gasteiger partial charge in [-0.15, -0.1) is 0 Å². The molecule has 0 aromatic carbocycles. The van der Waals surface area contributed by atoms with E-state index in [1.807, 2.05) is 0 Å². The Labute approximate surface area is 50.3 Å². The minimum atomic E-state index is -3.04. The lowest BCUT2D eigenvalue weighted by molar-refractivity contribution is -0.149. The van der Waals surface area contributed by atoms with E-state index in [0.29, 0.717) is 0 Å². The molecule has 0 rings (SSSR count). The van der Waals surface area contributed by atoms with E-state index in [2.05, 4.69) is 4.74 Å². The SMILES string of the molecule is [2H]C([2H])([2H])OC(=O)[C@@H](O)C([2H])([2H])[2H]. The molecule has 0 amide bonds. The van der Waals surface area contributed by atoms with Crippen LogP contribution in [-0.2, 0) is 9.53 Å². The maximum atomic E-state index is 10.6. The second-order valence-corrected chi connectivity index (χ2v) is 0.824. The van der Waals surface area contributed by atoms with Crippen molar-refractivity contribution in [3.8, 4) is 0 Å². The van der Waals surface area contributed by atoms with Crippen molar-refractivity contribution in [1.82, 2.24) is 0 Å². The van der Waals surface area contributed by atoms with Gasteiger partial charge >= 0.3 is 5.97 Å². The van der Waals surface area contributed by atoms with Crippen LogP contribution >= 0.6 is 0 Å². The number of aliphatic hydroxyl groups is 1. The van der Waals surface area contributed by atoms with Gasteiger partial charge in [-0.05, 0) is 6.85 Å². The van der Waals surface area contributed by atoms with E-state index in [4.69, 9.17) is 13.3 Å². The van der Waals surface area contributed by atoms with Gasteiger partial charge in [0.15, 0.2) is 0 Å². The molecule has 0 saturated carbocycles. The first-order valence-electron chi connectivity index (χ1n) is 4.45. The number of rotatable bonds is 1. The Morgan fingerprint density at radius 2 is 2.86 bits per heavy atom.